The first-order valence-corrected chi connectivity index (χ1v) is 6.23. The lowest BCUT2D eigenvalue weighted by molar-refractivity contribution is -0.160. The standard InChI is InChI=1S/C13H26O3/c1-6-8-9-13(15,7-2)11(10(3)4)12(14)16-5/h10-11,15H,6-9H2,1-5H3. The van der Waals surface area contributed by atoms with Crippen LogP contribution in [0.4, 0.5) is 0 Å². The van der Waals surface area contributed by atoms with Crippen molar-refractivity contribution in [1.82, 2.24) is 0 Å². The minimum Gasteiger partial charge on any atom is -0.469 e. The molecule has 16 heavy (non-hydrogen) atoms. The fourth-order valence-electron chi connectivity index (χ4n) is 2.27. The van der Waals surface area contributed by atoms with Crippen molar-refractivity contribution >= 4 is 5.97 Å². The summed E-state index contributed by atoms with van der Waals surface area (Å²) in [6.07, 6.45) is 3.21. The lowest BCUT2D eigenvalue weighted by Crippen LogP contribution is -2.45. The third-order valence-electron chi connectivity index (χ3n) is 3.28. The van der Waals surface area contributed by atoms with Crippen LogP contribution >= 0.6 is 0 Å². The third-order valence-corrected chi connectivity index (χ3v) is 3.28. The van der Waals surface area contributed by atoms with Gasteiger partial charge in [-0.1, -0.05) is 40.5 Å². The second-order valence-corrected chi connectivity index (χ2v) is 4.81. The molecule has 0 aliphatic rings. The molecule has 0 saturated heterocycles. The first-order valence-electron chi connectivity index (χ1n) is 6.23. The Hall–Kier alpha value is -0.570. The van der Waals surface area contributed by atoms with Gasteiger partial charge in [0.25, 0.3) is 0 Å². The van der Waals surface area contributed by atoms with Gasteiger partial charge in [-0.05, 0) is 18.8 Å². The Morgan fingerprint density at radius 3 is 2.25 bits per heavy atom. The quantitative estimate of drug-likeness (QED) is 0.684. The fraction of sp³-hybridized carbons (Fsp3) is 0.923. The number of carbonyl (C=O) groups excluding carboxylic acids is 1. The highest BCUT2D eigenvalue weighted by molar-refractivity contribution is 5.74. The van der Waals surface area contributed by atoms with E-state index in [2.05, 4.69) is 6.92 Å². The molecule has 96 valence electrons. The number of unbranched alkanes of at least 4 members (excludes halogenated alkanes) is 1. The molecule has 2 unspecified atom stereocenters. The second kappa shape index (κ2) is 6.89. The fourth-order valence-corrected chi connectivity index (χ4v) is 2.27. The molecule has 3 nitrogen and oxygen atoms in total. The summed E-state index contributed by atoms with van der Waals surface area (Å²) in [4.78, 5) is 11.7. The summed E-state index contributed by atoms with van der Waals surface area (Å²) in [5.74, 6) is -0.626. The number of aliphatic hydroxyl groups is 1. The van der Waals surface area contributed by atoms with Crippen molar-refractivity contribution in [2.45, 2.75) is 59.0 Å². The van der Waals surface area contributed by atoms with Crippen LogP contribution in [0.3, 0.4) is 0 Å². The molecule has 0 radical (unpaired) electrons. The molecule has 0 amide bonds. The third kappa shape index (κ3) is 3.78. The van der Waals surface area contributed by atoms with Crippen LogP contribution in [-0.4, -0.2) is 23.8 Å². The summed E-state index contributed by atoms with van der Waals surface area (Å²) in [6.45, 7) is 7.91. The van der Waals surface area contributed by atoms with Gasteiger partial charge in [-0.25, -0.2) is 0 Å². The molecule has 0 heterocycles. The maximum Gasteiger partial charge on any atom is 0.311 e. The molecule has 1 N–H and O–H groups in total. The smallest absolute Gasteiger partial charge is 0.311 e. The van der Waals surface area contributed by atoms with Gasteiger partial charge in [-0.3, -0.25) is 4.79 Å². The summed E-state index contributed by atoms with van der Waals surface area (Å²) in [5.41, 5.74) is -0.919. The van der Waals surface area contributed by atoms with E-state index in [1.54, 1.807) is 0 Å². The molecule has 0 bridgehead atoms. The van der Waals surface area contributed by atoms with Crippen molar-refractivity contribution in [1.29, 1.82) is 0 Å². The van der Waals surface area contributed by atoms with E-state index in [1.165, 1.54) is 7.11 Å². The zero-order valence-electron chi connectivity index (χ0n) is 11.2. The minimum absolute atomic E-state index is 0.0919. The van der Waals surface area contributed by atoms with E-state index in [4.69, 9.17) is 4.74 Å². The highest BCUT2D eigenvalue weighted by Gasteiger charge is 2.42. The van der Waals surface area contributed by atoms with Crippen molar-refractivity contribution in [3.8, 4) is 0 Å². The Labute approximate surface area is 99.2 Å². The Morgan fingerprint density at radius 1 is 1.38 bits per heavy atom. The normalized spacial score (nSPS) is 16.9. The number of ether oxygens (including phenoxy) is 1. The molecule has 0 aromatic rings. The van der Waals surface area contributed by atoms with Crippen LogP contribution < -0.4 is 0 Å². The maximum atomic E-state index is 11.7. The van der Waals surface area contributed by atoms with Crippen LogP contribution in [0.15, 0.2) is 0 Å². The number of rotatable bonds is 7. The zero-order chi connectivity index (χ0) is 12.8. The van der Waals surface area contributed by atoms with Crippen LogP contribution in [0.25, 0.3) is 0 Å². The van der Waals surface area contributed by atoms with Crippen LogP contribution in [0.1, 0.15) is 53.4 Å². The lowest BCUT2D eigenvalue weighted by Gasteiger charge is -2.36. The first kappa shape index (κ1) is 15.4. The van der Waals surface area contributed by atoms with E-state index in [0.29, 0.717) is 12.8 Å². The summed E-state index contributed by atoms with van der Waals surface area (Å²) in [6, 6.07) is 0. The SMILES string of the molecule is CCCCC(O)(CC)C(C(=O)OC)C(C)C. The topological polar surface area (TPSA) is 46.5 Å². The van der Waals surface area contributed by atoms with Crippen molar-refractivity contribution in [2.75, 3.05) is 7.11 Å². The van der Waals surface area contributed by atoms with Gasteiger partial charge < -0.3 is 9.84 Å². The summed E-state index contributed by atoms with van der Waals surface area (Å²) in [5, 5.41) is 10.6. The number of hydrogen-bond acceptors (Lipinski definition) is 3. The van der Waals surface area contributed by atoms with E-state index < -0.39 is 11.5 Å². The monoisotopic (exact) mass is 230 g/mol. The van der Waals surface area contributed by atoms with Crippen LogP contribution in [0, 0.1) is 11.8 Å². The van der Waals surface area contributed by atoms with Gasteiger partial charge in [0, 0.05) is 0 Å². The van der Waals surface area contributed by atoms with Crippen LogP contribution in [-0.2, 0) is 9.53 Å². The molecule has 0 spiro atoms. The van der Waals surface area contributed by atoms with Gasteiger partial charge in [-0.2, -0.15) is 0 Å². The average molecular weight is 230 g/mol. The number of esters is 1. The average Bonchev–Trinajstić information content (AvgIpc) is 2.25. The van der Waals surface area contributed by atoms with Crippen molar-refractivity contribution < 1.29 is 14.6 Å². The molecule has 3 heteroatoms. The number of hydrogen-bond donors (Lipinski definition) is 1. The van der Waals surface area contributed by atoms with E-state index in [9.17, 15) is 9.90 Å². The highest BCUT2D eigenvalue weighted by Crippen LogP contribution is 2.33. The zero-order valence-corrected chi connectivity index (χ0v) is 11.2. The number of methoxy groups -OCH3 is 1. The first-order chi connectivity index (χ1) is 7.42. The van der Waals surface area contributed by atoms with E-state index in [-0.39, 0.29) is 11.9 Å². The van der Waals surface area contributed by atoms with E-state index >= 15 is 0 Å². The second-order valence-electron chi connectivity index (χ2n) is 4.81. The summed E-state index contributed by atoms with van der Waals surface area (Å²) < 4.78 is 4.80. The Bertz CT molecular complexity index is 213. The molecule has 0 aliphatic carbocycles. The van der Waals surface area contributed by atoms with E-state index in [0.717, 1.165) is 12.8 Å². The predicted octanol–water partition coefficient (Wildman–Crippen LogP) is 2.76. The Morgan fingerprint density at radius 2 is 1.94 bits per heavy atom. The van der Waals surface area contributed by atoms with Crippen molar-refractivity contribution in [2.24, 2.45) is 11.8 Å². The molecule has 0 saturated carbocycles. The molecular weight excluding hydrogens is 204 g/mol. The van der Waals surface area contributed by atoms with Crippen molar-refractivity contribution in [3.63, 3.8) is 0 Å². The van der Waals surface area contributed by atoms with Crippen LogP contribution in [0.5, 0.6) is 0 Å². The highest BCUT2D eigenvalue weighted by atomic mass is 16.5. The summed E-state index contributed by atoms with van der Waals surface area (Å²) >= 11 is 0. The number of carbonyl (C=O) groups is 1. The van der Waals surface area contributed by atoms with Gasteiger partial charge in [0.15, 0.2) is 0 Å². The van der Waals surface area contributed by atoms with E-state index in [1.807, 2.05) is 20.8 Å². The Kier molecular flexibility index (Phi) is 6.65. The Balaban J connectivity index is 4.88. The largest absolute Gasteiger partial charge is 0.469 e. The van der Waals surface area contributed by atoms with Gasteiger partial charge in [0.1, 0.15) is 0 Å². The van der Waals surface area contributed by atoms with Gasteiger partial charge >= 0.3 is 5.97 Å². The van der Waals surface area contributed by atoms with Crippen molar-refractivity contribution in [3.05, 3.63) is 0 Å². The molecule has 0 aromatic carbocycles. The molecule has 0 aromatic heterocycles. The van der Waals surface area contributed by atoms with Crippen LogP contribution in [0.2, 0.25) is 0 Å². The van der Waals surface area contributed by atoms with Gasteiger partial charge in [-0.15, -0.1) is 0 Å². The van der Waals surface area contributed by atoms with Gasteiger partial charge in [0.05, 0.1) is 18.6 Å². The maximum absolute atomic E-state index is 11.7. The minimum atomic E-state index is -0.919. The summed E-state index contributed by atoms with van der Waals surface area (Å²) in [7, 11) is 1.38. The molecule has 0 aliphatic heterocycles. The predicted molar refractivity (Wildman–Crippen MR) is 65.1 cm³/mol. The molecular formula is C13H26O3. The molecule has 0 rings (SSSR count). The molecule has 2 atom stereocenters. The lowest BCUT2D eigenvalue weighted by atomic mass is 9.75. The van der Waals surface area contributed by atoms with Gasteiger partial charge in [0.2, 0.25) is 0 Å². The molecule has 0 fully saturated rings.